The lowest BCUT2D eigenvalue weighted by Gasteiger charge is -2.36. The van der Waals surface area contributed by atoms with E-state index in [4.69, 9.17) is 9.47 Å². The smallest absolute Gasteiger partial charge is 0.407 e. The van der Waals surface area contributed by atoms with Crippen molar-refractivity contribution in [3.8, 4) is 5.75 Å². The summed E-state index contributed by atoms with van der Waals surface area (Å²) >= 11 is 0. The van der Waals surface area contributed by atoms with Crippen LogP contribution in [0.15, 0.2) is 24.3 Å². The van der Waals surface area contributed by atoms with Crippen LogP contribution in [0.1, 0.15) is 64.9 Å². The molecule has 0 saturated heterocycles. The van der Waals surface area contributed by atoms with Gasteiger partial charge in [0, 0.05) is 0 Å². The number of amides is 1. The molecule has 0 aliphatic carbocycles. The van der Waals surface area contributed by atoms with Gasteiger partial charge in [0.15, 0.2) is 0 Å². The number of benzene rings is 1. The number of nitrogens with one attached hydrogen (secondary N) is 1. The third kappa shape index (κ3) is 8.21. The van der Waals surface area contributed by atoms with Crippen LogP contribution in [0.2, 0.25) is 0 Å². The highest BCUT2D eigenvalue weighted by Crippen LogP contribution is 2.24. The number of unbranched alkanes of at least 4 members (excludes halogenated alkanes) is 4. The topological polar surface area (TPSA) is 67.8 Å². The van der Waals surface area contributed by atoms with Crippen LogP contribution < -0.4 is 10.1 Å². The van der Waals surface area contributed by atoms with Crippen molar-refractivity contribution >= 4 is 6.09 Å². The second kappa shape index (κ2) is 12.6. The Balaban J connectivity index is 2.52. The molecule has 1 unspecified atom stereocenters. The van der Waals surface area contributed by atoms with E-state index in [0.29, 0.717) is 6.42 Å². The number of carbonyl (C=O) groups excluding carboxylic acids is 1. The molecular weight excluding hydrogens is 342 g/mol. The van der Waals surface area contributed by atoms with E-state index in [1.165, 1.54) is 32.8 Å². The molecule has 154 valence electrons. The van der Waals surface area contributed by atoms with Crippen LogP contribution in [0.4, 0.5) is 4.79 Å². The summed E-state index contributed by atoms with van der Waals surface area (Å²) in [4.78, 5) is 11.7. The normalized spacial score (nSPS) is 13.3. The minimum Gasteiger partial charge on any atom is -0.494 e. The molecule has 1 rings (SSSR count). The van der Waals surface area contributed by atoms with E-state index >= 15 is 0 Å². The molecule has 0 spiro atoms. The van der Waals surface area contributed by atoms with Crippen molar-refractivity contribution in [2.45, 2.75) is 71.3 Å². The number of hydrogen-bond donors (Lipinski definition) is 2. The molecule has 0 aliphatic heterocycles. The fraction of sp³-hybridized carbons (Fsp3) is 0.682. The summed E-state index contributed by atoms with van der Waals surface area (Å²) in [6, 6.07) is 8.08. The van der Waals surface area contributed by atoms with Crippen molar-refractivity contribution in [1.29, 1.82) is 0 Å². The highest BCUT2D eigenvalue weighted by atomic mass is 16.5. The second-order valence-corrected chi connectivity index (χ2v) is 7.49. The number of methoxy groups -OCH3 is 1. The fourth-order valence-electron chi connectivity index (χ4n) is 3.07. The predicted molar refractivity (Wildman–Crippen MR) is 109 cm³/mol. The zero-order chi connectivity index (χ0) is 20.1. The lowest BCUT2D eigenvalue weighted by atomic mass is 9.82. The highest BCUT2D eigenvalue weighted by Gasteiger charge is 2.34. The van der Waals surface area contributed by atoms with Crippen molar-refractivity contribution in [3.05, 3.63) is 29.8 Å². The Morgan fingerprint density at radius 3 is 2.37 bits per heavy atom. The van der Waals surface area contributed by atoms with Gasteiger partial charge in [-0.3, -0.25) is 0 Å². The van der Waals surface area contributed by atoms with Gasteiger partial charge in [-0.05, 0) is 42.9 Å². The average Bonchev–Trinajstić information content (AvgIpc) is 2.68. The molecule has 0 heterocycles. The Kier molecular flexibility index (Phi) is 10.9. The van der Waals surface area contributed by atoms with Gasteiger partial charge in [-0.1, -0.05) is 58.6 Å². The van der Waals surface area contributed by atoms with E-state index in [1.54, 1.807) is 0 Å². The molecule has 5 nitrogen and oxygen atoms in total. The maximum Gasteiger partial charge on any atom is 0.407 e. The minimum atomic E-state index is -0.694. The first-order chi connectivity index (χ1) is 13.0. The molecule has 0 bridgehead atoms. The quantitative estimate of drug-likeness (QED) is 0.487. The third-order valence-electron chi connectivity index (χ3n) is 5.22. The molecule has 0 saturated carbocycles. The van der Waals surface area contributed by atoms with Crippen molar-refractivity contribution in [1.82, 2.24) is 5.32 Å². The Labute approximate surface area is 164 Å². The van der Waals surface area contributed by atoms with E-state index in [1.807, 2.05) is 38.1 Å². The molecule has 5 heteroatoms. The van der Waals surface area contributed by atoms with Gasteiger partial charge >= 0.3 is 6.09 Å². The third-order valence-corrected chi connectivity index (χ3v) is 5.22. The van der Waals surface area contributed by atoms with Crippen LogP contribution in [0, 0.1) is 5.92 Å². The van der Waals surface area contributed by atoms with Gasteiger partial charge in [-0.25, -0.2) is 4.79 Å². The number of ether oxygens (including phenoxy) is 2. The number of hydrogen-bond acceptors (Lipinski definition) is 4. The van der Waals surface area contributed by atoms with Crippen molar-refractivity contribution in [3.63, 3.8) is 0 Å². The summed E-state index contributed by atoms with van der Waals surface area (Å²) in [6.45, 7) is 6.83. The fourth-order valence-corrected chi connectivity index (χ4v) is 3.07. The van der Waals surface area contributed by atoms with Gasteiger partial charge in [0.2, 0.25) is 0 Å². The molecule has 1 aromatic carbocycles. The molecule has 1 amide bonds. The summed E-state index contributed by atoms with van der Waals surface area (Å²) in [5.41, 5.74) is 0.455. The van der Waals surface area contributed by atoms with Crippen LogP contribution in [-0.4, -0.2) is 37.1 Å². The number of carbonyl (C=O) groups is 1. The maximum absolute atomic E-state index is 11.7. The van der Waals surface area contributed by atoms with Crippen molar-refractivity contribution in [2.75, 3.05) is 20.3 Å². The van der Waals surface area contributed by atoms with Crippen LogP contribution in [-0.2, 0) is 11.2 Å². The molecule has 0 fully saturated rings. The van der Waals surface area contributed by atoms with Gasteiger partial charge in [0.1, 0.15) is 5.75 Å². The lowest BCUT2D eigenvalue weighted by Crippen LogP contribution is -2.55. The molecule has 0 radical (unpaired) electrons. The van der Waals surface area contributed by atoms with E-state index in [2.05, 4.69) is 12.2 Å². The zero-order valence-electron chi connectivity index (χ0n) is 17.4. The van der Waals surface area contributed by atoms with Crippen molar-refractivity contribution in [2.24, 2.45) is 5.92 Å². The van der Waals surface area contributed by atoms with Gasteiger partial charge in [0.25, 0.3) is 0 Å². The second-order valence-electron chi connectivity index (χ2n) is 7.49. The minimum absolute atomic E-state index is 0.0805. The van der Waals surface area contributed by atoms with Gasteiger partial charge in [-0.2, -0.15) is 0 Å². The standard InChI is InChI=1S/C22H37NO4/c1-5-6-7-8-9-16-27-20-12-10-19(11-13-20)14-15-22(17-24,18(2)3)23-21(25)26-4/h10-13,18,24H,5-9,14-17H2,1-4H3,(H,23,25). The summed E-state index contributed by atoms with van der Waals surface area (Å²) < 4.78 is 10.5. The van der Waals surface area contributed by atoms with Crippen LogP contribution in [0.3, 0.4) is 0 Å². The Morgan fingerprint density at radius 1 is 1.15 bits per heavy atom. The number of aryl methyl sites for hydroxylation is 1. The number of rotatable bonds is 13. The first-order valence-electron chi connectivity index (χ1n) is 10.2. The molecule has 0 aromatic heterocycles. The van der Waals surface area contributed by atoms with E-state index < -0.39 is 11.6 Å². The van der Waals surface area contributed by atoms with Crippen LogP contribution >= 0.6 is 0 Å². The maximum atomic E-state index is 11.7. The number of aliphatic hydroxyl groups excluding tert-OH is 1. The largest absolute Gasteiger partial charge is 0.494 e. The van der Waals surface area contributed by atoms with Gasteiger partial charge in [0.05, 0.1) is 25.9 Å². The highest BCUT2D eigenvalue weighted by molar-refractivity contribution is 5.68. The first-order valence-corrected chi connectivity index (χ1v) is 10.2. The lowest BCUT2D eigenvalue weighted by molar-refractivity contribution is 0.0930. The molecule has 27 heavy (non-hydrogen) atoms. The van der Waals surface area contributed by atoms with Gasteiger partial charge < -0.3 is 19.9 Å². The predicted octanol–water partition coefficient (Wildman–Crippen LogP) is 4.71. The molecule has 2 N–H and O–H groups in total. The summed E-state index contributed by atoms with van der Waals surface area (Å²) in [7, 11) is 1.33. The molecule has 1 aromatic rings. The first kappa shape index (κ1) is 23.3. The monoisotopic (exact) mass is 379 g/mol. The molecular formula is C22H37NO4. The SMILES string of the molecule is CCCCCCCOc1ccc(CCC(CO)(NC(=O)OC)C(C)C)cc1. The summed E-state index contributed by atoms with van der Waals surface area (Å²) in [5.74, 6) is 0.969. The number of alkyl carbamates (subject to hydrolysis) is 1. The van der Waals surface area contributed by atoms with E-state index in [-0.39, 0.29) is 12.5 Å². The van der Waals surface area contributed by atoms with E-state index in [0.717, 1.165) is 30.8 Å². The van der Waals surface area contributed by atoms with Crippen LogP contribution in [0.25, 0.3) is 0 Å². The summed E-state index contributed by atoms with van der Waals surface area (Å²) in [5, 5.41) is 12.7. The van der Waals surface area contributed by atoms with E-state index in [9.17, 15) is 9.90 Å². The Bertz CT molecular complexity index is 530. The Morgan fingerprint density at radius 2 is 1.81 bits per heavy atom. The van der Waals surface area contributed by atoms with Crippen molar-refractivity contribution < 1.29 is 19.4 Å². The summed E-state index contributed by atoms with van der Waals surface area (Å²) in [6.07, 6.45) is 7.01. The van der Waals surface area contributed by atoms with Gasteiger partial charge in [-0.15, -0.1) is 0 Å². The van der Waals surface area contributed by atoms with Crippen LogP contribution in [0.5, 0.6) is 5.75 Å². The molecule has 0 aliphatic rings. The molecule has 1 atom stereocenters. The number of aliphatic hydroxyl groups is 1. The zero-order valence-corrected chi connectivity index (χ0v) is 17.4. The Hall–Kier alpha value is -1.75. The average molecular weight is 380 g/mol.